The van der Waals surface area contributed by atoms with Gasteiger partial charge in [0.15, 0.2) is 6.29 Å². The second-order valence-electron chi connectivity index (χ2n) is 2.94. The summed E-state index contributed by atoms with van der Waals surface area (Å²) in [5.74, 6) is 0. The molecule has 16 heavy (non-hydrogen) atoms. The Morgan fingerprint density at radius 1 is 1.25 bits per heavy atom. The van der Waals surface area contributed by atoms with Gasteiger partial charge in [0.2, 0.25) is 5.22 Å². The van der Waals surface area contributed by atoms with Crippen LogP contribution in [0.5, 0.6) is 0 Å². The molecule has 0 aliphatic carbocycles. The van der Waals surface area contributed by atoms with Gasteiger partial charge in [0, 0.05) is 5.56 Å². The Labute approximate surface area is 106 Å². The highest BCUT2D eigenvalue weighted by molar-refractivity contribution is 6.43. The van der Waals surface area contributed by atoms with Gasteiger partial charge in [0.25, 0.3) is 0 Å². The van der Waals surface area contributed by atoms with Crippen molar-refractivity contribution in [1.82, 2.24) is 5.16 Å². The Bertz CT molecular complexity index is 551. The van der Waals surface area contributed by atoms with Crippen LogP contribution in [-0.4, -0.2) is 11.4 Å². The molecule has 6 heteroatoms. The van der Waals surface area contributed by atoms with Gasteiger partial charge >= 0.3 is 0 Å². The van der Waals surface area contributed by atoms with E-state index in [1.807, 2.05) is 0 Å². The molecule has 0 saturated heterocycles. The molecule has 2 rings (SSSR count). The second kappa shape index (κ2) is 4.45. The number of rotatable bonds is 2. The van der Waals surface area contributed by atoms with Crippen LogP contribution in [-0.2, 0) is 0 Å². The number of nitrogens with zero attached hydrogens (tertiary/aromatic N) is 1. The third-order valence-electron chi connectivity index (χ3n) is 2.01. The minimum Gasteiger partial charge on any atom is -0.343 e. The van der Waals surface area contributed by atoms with E-state index in [-0.39, 0.29) is 16.5 Å². The Hall–Kier alpha value is -1.03. The van der Waals surface area contributed by atoms with Crippen molar-refractivity contribution in [2.75, 3.05) is 0 Å². The Balaban J connectivity index is 2.67. The Morgan fingerprint density at radius 2 is 2.00 bits per heavy atom. The van der Waals surface area contributed by atoms with Crippen molar-refractivity contribution in [1.29, 1.82) is 0 Å². The van der Waals surface area contributed by atoms with Crippen LogP contribution < -0.4 is 0 Å². The zero-order valence-electron chi connectivity index (χ0n) is 7.71. The summed E-state index contributed by atoms with van der Waals surface area (Å²) in [4.78, 5) is 10.8. The molecule has 0 radical (unpaired) electrons. The van der Waals surface area contributed by atoms with Crippen LogP contribution in [0.1, 0.15) is 10.4 Å². The molecule has 0 atom stereocenters. The number of carbonyl (C=O) groups is 1. The van der Waals surface area contributed by atoms with E-state index in [0.29, 0.717) is 21.9 Å². The van der Waals surface area contributed by atoms with Gasteiger partial charge in [-0.05, 0) is 17.7 Å². The largest absolute Gasteiger partial charge is 0.343 e. The smallest absolute Gasteiger partial charge is 0.237 e. The van der Waals surface area contributed by atoms with Crippen molar-refractivity contribution >= 4 is 41.1 Å². The monoisotopic (exact) mass is 275 g/mol. The maximum atomic E-state index is 10.8. The predicted octanol–water partition coefficient (Wildman–Crippen LogP) is 4.11. The topological polar surface area (TPSA) is 43.1 Å². The average molecular weight is 277 g/mol. The average Bonchev–Trinajstić information content (AvgIpc) is 2.63. The van der Waals surface area contributed by atoms with E-state index in [0.717, 1.165) is 0 Å². The lowest BCUT2D eigenvalue weighted by atomic mass is 10.1. The third-order valence-corrected chi connectivity index (χ3v) is 3.10. The number of aldehydes is 1. The summed E-state index contributed by atoms with van der Waals surface area (Å²) < 4.78 is 4.72. The molecule has 0 fully saturated rings. The summed E-state index contributed by atoms with van der Waals surface area (Å²) in [7, 11) is 0. The first-order chi connectivity index (χ1) is 7.65. The Morgan fingerprint density at radius 3 is 2.69 bits per heavy atom. The highest BCUT2D eigenvalue weighted by atomic mass is 35.5. The molecule has 1 heterocycles. The molecule has 0 aliphatic heterocycles. The zero-order valence-corrected chi connectivity index (χ0v) is 9.97. The fraction of sp³-hybridized carbons (Fsp3) is 0. The van der Waals surface area contributed by atoms with Crippen molar-refractivity contribution in [2.45, 2.75) is 0 Å². The summed E-state index contributed by atoms with van der Waals surface area (Å²) in [6.07, 6.45) is 0.561. The fourth-order valence-electron chi connectivity index (χ4n) is 1.26. The number of halogens is 3. The molecular formula is C10H4Cl3NO2. The number of hydrogen-bond donors (Lipinski definition) is 0. The van der Waals surface area contributed by atoms with E-state index in [9.17, 15) is 4.79 Å². The normalized spacial score (nSPS) is 10.4. The van der Waals surface area contributed by atoms with Crippen molar-refractivity contribution in [2.24, 2.45) is 0 Å². The molecule has 1 aromatic carbocycles. The van der Waals surface area contributed by atoms with E-state index in [2.05, 4.69) is 5.16 Å². The minimum atomic E-state index is -0.0685. The van der Waals surface area contributed by atoms with Crippen molar-refractivity contribution in [3.05, 3.63) is 39.0 Å². The Kier molecular flexibility index (Phi) is 3.19. The molecule has 0 spiro atoms. The van der Waals surface area contributed by atoms with E-state index in [1.54, 1.807) is 18.2 Å². The van der Waals surface area contributed by atoms with Gasteiger partial charge in [0.1, 0.15) is 11.3 Å². The summed E-state index contributed by atoms with van der Waals surface area (Å²) in [6, 6.07) is 5.01. The number of hydrogen-bond acceptors (Lipinski definition) is 3. The number of benzene rings is 1. The summed E-state index contributed by atoms with van der Waals surface area (Å²) in [5, 5.41) is 4.28. The van der Waals surface area contributed by atoms with Gasteiger partial charge in [-0.25, -0.2) is 0 Å². The van der Waals surface area contributed by atoms with E-state index >= 15 is 0 Å². The molecule has 0 unspecified atom stereocenters. The quantitative estimate of drug-likeness (QED) is 0.775. The molecule has 1 aromatic heterocycles. The molecular weight excluding hydrogens is 272 g/mol. The number of carbonyl (C=O) groups excluding carboxylic acids is 1. The van der Waals surface area contributed by atoms with Crippen LogP contribution in [0.15, 0.2) is 22.7 Å². The molecule has 0 amide bonds. The van der Waals surface area contributed by atoms with Crippen molar-refractivity contribution in [3.8, 4) is 11.3 Å². The van der Waals surface area contributed by atoms with Gasteiger partial charge in [-0.15, -0.1) is 0 Å². The van der Waals surface area contributed by atoms with Gasteiger partial charge in [-0.2, -0.15) is 0 Å². The molecule has 3 nitrogen and oxygen atoms in total. The van der Waals surface area contributed by atoms with E-state index < -0.39 is 0 Å². The van der Waals surface area contributed by atoms with Crippen LogP contribution >= 0.6 is 34.8 Å². The van der Waals surface area contributed by atoms with E-state index in [1.165, 1.54) is 0 Å². The first-order valence-corrected chi connectivity index (χ1v) is 5.33. The molecule has 2 aromatic rings. The van der Waals surface area contributed by atoms with Crippen LogP contribution in [0.3, 0.4) is 0 Å². The highest BCUT2D eigenvalue weighted by Gasteiger charge is 2.18. The fourth-order valence-corrected chi connectivity index (χ4v) is 1.82. The highest BCUT2D eigenvalue weighted by Crippen LogP contribution is 2.35. The predicted molar refractivity (Wildman–Crippen MR) is 62.4 cm³/mol. The van der Waals surface area contributed by atoms with Crippen molar-refractivity contribution in [3.63, 3.8) is 0 Å². The van der Waals surface area contributed by atoms with Crippen LogP contribution in [0.25, 0.3) is 11.3 Å². The molecule has 0 aliphatic rings. The molecule has 0 N–H and O–H groups in total. The molecule has 82 valence electrons. The SMILES string of the molecule is O=Cc1c(-c2cccc(Cl)c2Cl)noc1Cl. The molecule has 0 saturated carbocycles. The first-order valence-electron chi connectivity index (χ1n) is 4.20. The lowest BCUT2D eigenvalue weighted by Crippen LogP contribution is -1.86. The summed E-state index contributed by atoms with van der Waals surface area (Å²) in [6.45, 7) is 0. The maximum Gasteiger partial charge on any atom is 0.237 e. The van der Waals surface area contributed by atoms with Gasteiger partial charge in [0.05, 0.1) is 10.0 Å². The van der Waals surface area contributed by atoms with Crippen LogP contribution in [0, 0.1) is 0 Å². The van der Waals surface area contributed by atoms with E-state index in [4.69, 9.17) is 39.3 Å². The van der Waals surface area contributed by atoms with Gasteiger partial charge < -0.3 is 4.52 Å². The summed E-state index contributed by atoms with van der Waals surface area (Å²) >= 11 is 17.5. The third kappa shape index (κ3) is 1.82. The minimum absolute atomic E-state index is 0.0685. The second-order valence-corrected chi connectivity index (χ2v) is 4.07. The van der Waals surface area contributed by atoms with Gasteiger partial charge in [-0.1, -0.05) is 40.5 Å². The molecule has 0 bridgehead atoms. The first kappa shape index (κ1) is 11.5. The van der Waals surface area contributed by atoms with Crippen LogP contribution in [0.2, 0.25) is 15.3 Å². The lowest BCUT2D eigenvalue weighted by molar-refractivity contribution is 0.112. The summed E-state index contributed by atoms with van der Waals surface area (Å²) in [5.41, 5.74) is 0.949. The van der Waals surface area contributed by atoms with Crippen molar-refractivity contribution < 1.29 is 9.32 Å². The number of aromatic nitrogens is 1. The van der Waals surface area contributed by atoms with Gasteiger partial charge in [-0.3, -0.25) is 4.79 Å². The maximum absolute atomic E-state index is 10.8. The standard InChI is InChI=1S/C10H4Cl3NO2/c11-7-3-1-2-5(8(7)12)9-6(4-15)10(13)16-14-9/h1-4H. The lowest BCUT2D eigenvalue weighted by Gasteiger charge is -2.01. The van der Waals surface area contributed by atoms with Crippen LogP contribution in [0.4, 0.5) is 0 Å². The zero-order chi connectivity index (χ0) is 11.7.